The minimum Gasteiger partial charge on any atom is -0.481 e. The molecule has 2 amide bonds. The van der Waals surface area contributed by atoms with Gasteiger partial charge in [0.2, 0.25) is 0 Å². The predicted octanol–water partition coefficient (Wildman–Crippen LogP) is 3.85. The Morgan fingerprint density at radius 1 is 1.00 bits per heavy atom. The Morgan fingerprint density at radius 2 is 1.50 bits per heavy atom. The van der Waals surface area contributed by atoms with Crippen LogP contribution >= 0.6 is 15.9 Å². The Labute approximate surface area is 147 Å². The summed E-state index contributed by atoms with van der Waals surface area (Å²) in [6, 6.07) is 13.1. The molecule has 0 bridgehead atoms. The van der Waals surface area contributed by atoms with E-state index < -0.39 is 17.9 Å². The van der Waals surface area contributed by atoms with Gasteiger partial charge < -0.3 is 20.5 Å². The molecule has 1 unspecified atom stereocenters. The normalized spacial score (nSPS) is 11.4. The summed E-state index contributed by atoms with van der Waals surface area (Å²) < 4.78 is 0.910. The van der Waals surface area contributed by atoms with Crippen molar-refractivity contribution in [1.29, 1.82) is 0 Å². The highest BCUT2D eigenvalue weighted by Gasteiger charge is 2.19. The minimum atomic E-state index is -1.06. The summed E-state index contributed by atoms with van der Waals surface area (Å²) in [7, 11) is 0. The van der Waals surface area contributed by atoms with Crippen LogP contribution in [0.5, 0.6) is 0 Å². The SMILES string of the molecule is O=CCC(C(=O)O)c1ccc(NC(=O)Nc2ccc(Br)cc2)cc1. The second-order valence-corrected chi connectivity index (χ2v) is 5.92. The molecule has 0 radical (unpaired) electrons. The lowest BCUT2D eigenvalue weighted by molar-refractivity contribution is -0.139. The largest absolute Gasteiger partial charge is 0.481 e. The van der Waals surface area contributed by atoms with E-state index in [0.717, 1.165) is 4.47 Å². The molecule has 3 N–H and O–H groups in total. The number of hydrogen-bond donors (Lipinski definition) is 3. The molecule has 6 nitrogen and oxygen atoms in total. The quantitative estimate of drug-likeness (QED) is 0.652. The van der Waals surface area contributed by atoms with Gasteiger partial charge in [0.15, 0.2) is 0 Å². The van der Waals surface area contributed by atoms with Crippen molar-refractivity contribution >= 4 is 45.6 Å². The number of aliphatic carboxylic acids is 1. The number of benzene rings is 2. The zero-order chi connectivity index (χ0) is 17.5. The number of urea groups is 1. The molecule has 7 heteroatoms. The zero-order valence-corrected chi connectivity index (χ0v) is 14.1. The standard InChI is InChI=1S/C17H15BrN2O4/c18-12-3-7-14(8-4-12)20-17(24)19-13-5-1-11(2-6-13)15(9-10-21)16(22)23/h1-8,10,15H,9H2,(H,22,23)(H2,19,20,24). The van der Waals surface area contributed by atoms with Gasteiger partial charge >= 0.3 is 12.0 Å². The average molecular weight is 391 g/mol. The summed E-state index contributed by atoms with van der Waals surface area (Å²) in [5, 5.41) is 14.5. The molecule has 0 saturated heterocycles. The first kappa shape index (κ1) is 17.7. The molecule has 0 fully saturated rings. The maximum atomic E-state index is 11.9. The maximum Gasteiger partial charge on any atom is 0.323 e. The summed E-state index contributed by atoms with van der Waals surface area (Å²) in [6.45, 7) is 0. The van der Waals surface area contributed by atoms with Crippen molar-refractivity contribution < 1.29 is 19.5 Å². The van der Waals surface area contributed by atoms with Crippen LogP contribution in [0, 0.1) is 0 Å². The van der Waals surface area contributed by atoms with Crippen molar-refractivity contribution in [1.82, 2.24) is 0 Å². The van der Waals surface area contributed by atoms with Gasteiger partial charge in [0, 0.05) is 22.3 Å². The molecular weight excluding hydrogens is 376 g/mol. The second-order valence-electron chi connectivity index (χ2n) is 5.00. The van der Waals surface area contributed by atoms with Crippen LogP contribution in [-0.4, -0.2) is 23.4 Å². The van der Waals surface area contributed by atoms with Crippen molar-refractivity contribution in [2.75, 3.05) is 10.6 Å². The lowest BCUT2D eigenvalue weighted by Gasteiger charge is -2.11. The van der Waals surface area contributed by atoms with Gasteiger partial charge in [-0.25, -0.2) is 4.79 Å². The minimum absolute atomic E-state index is 0.0911. The van der Waals surface area contributed by atoms with E-state index in [1.807, 2.05) is 12.1 Å². The molecule has 0 aliphatic rings. The number of anilines is 2. The van der Waals surface area contributed by atoms with E-state index in [9.17, 15) is 14.4 Å². The molecule has 2 rings (SSSR count). The third-order valence-electron chi connectivity index (χ3n) is 3.30. The molecule has 0 aliphatic carbocycles. The van der Waals surface area contributed by atoms with Gasteiger partial charge in [0.05, 0.1) is 5.92 Å². The molecule has 1 atom stereocenters. The van der Waals surface area contributed by atoms with Gasteiger partial charge in [-0.2, -0.15) is 0 Å². The van der Waals surface area contributed by atoms with Crippen LogP contribution in [0.1, 0.15) is 17.9 Å². The van der Waals surface area contributed by atoms with E-state index in [0.29, 0.717) is 23.2 Å². The predicted molar refractivity (Wildman–Crippen MR) is 94.3 cm³/mol. The molecule has 0 spiro atoms. The molecule has 2 aromatic carbocycles. The van der Waals surface area contributed by atoms with Gasteiger partial charge in [-0.1, -0.05) is 28.1 Å². The molecule has 0 aliphatic heterocycles. The molecule has 0 saturated carbocycles. The maximum absolute atomic E-state index is 11.9. The van der Waals surface area contributed by atoms with Crippen molar-refractivity contribution in [3.63, 3.8) is 0 Å². The van der Waals surface area contributed by atoms with Gasteiger partial charge in [-0.05, 0) is 42.0 Å². The number of carboxylic acids is 1. The number of aldehydes is 1. The summed E-state index contributed by atoms with van der Waals surface area (Å²) in [5.41, 5.74) is 1.67. The van der Waals surface area contributed by atoms with Crippen molar-refractivity contribution in [3.8, 4) is 0 Å². The van der Waals surface area contributed by atoms with E-state index in [1.54, 1.807) is 36.4 Å². The number of nitrogens with one attached hydrogen (secondary N) is 2. The molecule has 0 heterocycles. The van der Waals surface area contributed by atoms with Crippen LogP contribution in [0.15, 0.2) is 53.0 Å². The molecule has 24 heavy (non-hydrogen) atoms. The van der Waals surface area contributed by atoms with E-state index in [1.165, 1.54) is 0 Å². The lowest BCUT2D eigenvalue weighted by atomic mass is 9.96. The van der Waals surface area contributed by atoms with Crippen molar-refractivity contribution in [3.05, 3.63) is 58.6 Å². The number of carbonyl (C=O) groups excluding carboxylic acids is 2. The fourth-order valence-electron chi connectivity index (χ4n) is 2.10. The zero-order valence-electron chi connectivity index (χ0n) is 12.5. The first-order valence-electron chi connectivity index (χ1n) is 7.09. The van der Waals surface area contributed by atoms with E-state index >= 15 is 0 Å². The fraction of sp³-hybridized carbons (Fsp3) is 0.118. The Balaban J connectivity index is 2.00. The van der Waals surface area contributed by atoms with Crippen LogP contribution in [-0.2, 0) is 9.59 Å². The van der Waals surface area contributed by atoms with E-state index in [-0.39, 0.29) is 6.42 Å². The molecule has 124 valence electrons. The summed E-state index contributed by atoms with van der Waals surface area (Å²) in [4.78, 5) is 33.6. The van der Waals surface area contributed by atoms with Crippen LogP contribution in [0.25, 0.3) is 0 Å². The number of carboxylic acid groups (broad SMARTS) is 1. The lowest BCUT2D eigenvalue weighted by Crippen LogP contribution is -2.19. The smallest absolute Gasteiger partial charge is 0.323 e. The van der Waals surface area contributed by atoms with Crippen LogP contribution in [0.3, 0.4) is 0 Å². The summed E-state index contributed by atoms with van der Waals surface area (Å²) >= 11 is 3.31. The Hall–Kier alpha value is -2.67. The monoisotopic (exact) mass is 390 g/mol. The first-order chi connectivity index (χ1) is 11.5. The highest BCUT2D eigenvalue weighted by atomic mass is 79.9. The highest BCUT2D eigenvalue weighted by Crippen LogP contribution is 2.21. The summed E-state index contributed by atoms with van der Waals surface area (Å²) in [5.74, 6) is -1.94. The number of hydrogen-bond acceptors (Lipinski definition) is 3. The highest BCUT2D eigenvalue weighted by molar-refractivity contribution is 9.10. The number of rotatable bonds is 6. The first-order valence-corrected chi connectivity index (χ1v) is 7.89. The van der Waals surface area contributed by atoms with Gasteiger partial charge in [-0.3, -0.25) is 4.79 Å². The Morgan fingerprint density at radius 3 is 1.96 bits per heavy atom. The number of amides is 2. The molecular formula is C17H15BrN2O4. The topological polar surface area (TPSA) is 95.5 Å². The Kier molecular flexibility index (Phi) is 6.08. The third kappa shape index (κ3) is 4.92. The molecule has 0 aromatic heterocycles. The van der Waals surface area contributed by atoms with Crippen molar-refractivity contribution in [2.45, 2.75) is 12.3 Å². The molecule has 2 aromatic rings. The Bertz CT molecular complexity index is 729. The second kappa shape index (κ2) is 8.26. The van der Waals surface area contributed by atoms with Crippen LogP contribution < -0.4 is 10.6 Å². The number of carbonyl (C=O) groups is 3. The average Bonchev–Trinajstić information content (AvgIpc) is 2.55. The van der Waals surface area contributed by atoms with E-state index in [4.69, 9.17) is 5.11 Å². The van der Waals surface area contributed by atoms with Gasteiger partial charge in [-0.15, -0.1) is 0 Å². The van der Waals surface area contributed by atoms with Gasteiger partial charge in [0.25, 0.3) is 0 Å². The number of halogens is 1. The van der Waals surface area contributed by atoms with Crippen LogP contribution in [0.2, 0.25) is 0 Å². The van der Waals surface area contributed by atoms with E-state index in [2.05, 4.69) is 26.6 Å². The van der Waals surface area contributed by atoms with Crippen molar-refractivity contribution in [2.24, 2.45) is 0 Å². The van der Waals surface area contributed by atoms with Crippen LogP contribution in [0.4, 0.5) is 16.2 Å². The fourth-order valence-corrected chi connectivity index (χ4v) is 2.37. The third-order valence-corrected chi connectivity index (χ3v) is 3.83. The van der Waals surface area contributed by atoms with Gasteiger partial charge in [0.1, 0.15) is 6.29 Å². The summed E-state index contributed by atoms with van der Waals surface area (Å²) in [6.07, 6.45) is 0.489.